The van der Waals surface area contributed by atoms with Gasteiger partial charge < -0.3 is 14.4 Å². The van der Waals surface area contributed by atoms with Crippen LogP contribution in [0.4, 0.5) is 5.69 Å². The van der Waals surface area contributed by atoms with E-state index >= 15 is 0 Å². The lowest BCUT2D eigenvalue weighted by Gasteiger charge is -2.19. The average molecular weight is 346 g/mol. The third-order valence-electron chi connectivity index (χ3n) is 3.83. The molecule has 6 heteroatoms. The topological polar surface area (TPSA) is 45.6 Å². The normalized spacial score (nSPS) is 10.3. The fraction of sp³-hybridized carbons (Fsp3) is 0.222. The van der Waals surface area contributed by atoms with E-state index in [0.29, 0.717) is 22.8 Å². The molecule has 1 aromatic heterocycles. The second-order valence-electron chi connectivity index (χ2n) is 5.57. The largest absolute Gasteiger partial charge is 0.351 e. The van der Waals surface area contributed by atoms with Crippen molar-refractivity contribution in [3.8, 4) is 0 Å². The summed E-state index contributed by atoms with van der Waals surface area (Å²) in [5.74, 6) is -0.302. The summed E-state index contributed by atoms with van der Waals surface area (Å²) in [4.78, 5) is 27.2. The van der Waals surface area contributed by atoms with Crippen molar-refractivity contribution in [1.82, 2.24) is 9.47 Å². The summed E-state index contributed by atoms with van der Waals surface area (Å²) in [6, 6.07) is 8.73. The monoisotopic (exact) mass is 345 g/mol. The Morgan fingerprint density at radius 1 is 1.25 bits per heavy atom. The zero-order chi connectivity index (χ0) is 17.9. The second kappa shape index (κ2) is 7.36. The Labute approximate surface area is 146 Å². The molecule has 0 spiro atoms. The van der Waals surface area contributed by atoms with E-state index in [2.05, 4.69) is 6.58 Å². The number of anilines is 1. The molecule has 0 saturated heterocycles. The molecule has 0 saturated carbocycles. The lowest BCUT2D eigenvalue weighted by atomic mass is 10.1. The van der Waals surface area contributed by atoms with E-state index in [1.54, 1.807) is 49.5 Å². The van der Waals surface area contributed by atoms with Crippen LogP contribution in [0, 0.1) is 0 Å². The van der Waals surface area contributed by atoms with Gasteiger partial charge in [-0.15, -0.1) is 0 Å². The van der Waals surface area contributed by atoms with E-state index in [9.17, 15) is 9.59 Å². The minimum absolute atomic E-state index is 0.100. The van der Waals surface area contributed by atoms with Gasteiger partial charge in [0.15, 0.2) is 0 Å². The molecule has 126 valence electrons. The van der Waals surface area contributed by atoms with E-state index < -0.39 is 0 Å². The van der Waals surface area contributed by atoms with E-state index in [1.807, 2.05) is 17.7 Å². The van der Waals surface area contributed by atoms with E-state index in [-0.39, 0.29) is 11.8 Å². The maximum Gasteiger partial charge on any atom is 0.253 e. The molecule has 1 aromatic carbocycles. The van der Waals surface area contributed by atoms with Crippen molar-refractivity contribution in [2.24, 2.45) is 7.05 Å². The summed E-state index contributed by atoms with van der Waals surface area (Å²) in [5, 5.41) is 0.646. The molecule has 24 heavy (non-hydrogen) atoms. The number of rotatable bonds is 5. The average Bonchev–Trinajstić information content (AvgIpc) is 2.90. The van der Waals surface area contributed by atoms with Crippen LogP contribution in [0.25, 0.3) is 0 Å². The van der Waals surface area contributed by atoms with Crippen molar-refractivity contribution in [3.05, 3.63) is 65.5 Å². The fourth-order valence-electron chi connectivity index (χ4n) is 2.35. The van der Waals surface area contributed by atoms with Gasteiger partial charge >= 0.3 is 0 Å². The van der Waals surface area contributed by atoms with Gasteiger partial charge in [-0.25, -0.2) is 0 Å². The van der Waals surface area contributed by atoms with Crippen LogP contribution < -0.4 is 4.90 Å². The number of nitrogens with zero attached hydrogens (tertiary/aromatic N) is 3. The lowest BCUT2D eigenvalue weighted by molar-refractivity contribution is -0.113. The molecular weight excluding hydrogens is 326 g/mol. The number of aromatic nitrogens is 1. The summed E-state index contributed by atoms with van der Waals surface area (Å²) in [7, 11) is 5.29. The molecule has 0 radical (unpaired) electrons. The van der Waals surface area contributed by atoms with Gasteiger partial charge in [0, 0.05) is 44.3 Å². The number of halogens is 1. The molecule has 0 aliphatic carbocycles. The first kappa shape index (κ1) is 17.8. The summed E-state index contributed by atoms with van der Waals surface area (Å²) >= 11 is 5.97. The summed E-state index contributed by atoms with van der Waals surface area (Å²) < 4.78 is 1.89. The predicted octanol–water partition coefficient (Wildman–Crippen LogP) is 3.10. The SMILES string of the molecule is C=CC(=O)N(C)c1ccc(C(=O)N(C)Cc2cc(Cl)cn2C)cc1. The number of carbonyl (C=O) groups excluding carboxylic acids is 2. The highest BCUT2D eigenvalue weighted by Gasteiger charge is 2.15. The molecule has 2 rings (SSSR count). The fourth-order valence-corrected chi connectivity index (χ4v) is 2.62. The Morgan fingerprint density at radius 2 is 1.88 bits per heavy atom. The quantitative estimate of drug-likeness (QED) is 0.782. The molecule has 5 nitrogen and oxygen atoms in total. The molecule has 0 bridgehead atoms. The van der Waals surface area contributed by atoms with Gasteiger partial charge in [0.2, 0.25) is 5.91 Å². The van der Waals surface area contributed by atoms with E-state index in [0.717, 1.165) is 5.69 Å². The van der Waals surface area contributed by atoms with Crippen molar-refractivity contribution in [1.29, 1.82) is 0 Å². The number of carbonyl (C=O) groups is 2. The minimum atomic E-state index is -0.202. The maximum absolute atomic E-state index is 12.5. The number of likely N-dealkylation sites (N-methyl/N-ethyl adjacent to an activating group) is 1. The first-order valence-electron chi connectivity index (χ1n) is 7.40. The zero-order valence-electron chi connectivity index (χ0n) is 14.0. The number of hydrogen-bond acceptors (Lipinski definition) is 2. The highest BCUT2D eigenvalue weighted by molar-refractivity contribution is 6.30. The predicted molar refractivity (Wildman–Crippen MR) is 96.3 cm³/mol. The van der Waals surface area contributed by atoms with Gasteiger partial charge in [-0.1, -0.05) is 18.2 Å². The molecule has 2 amide bonds. The van der Waals surface area contributed by atoms with Crippen LogP contribution >= 0.6 is 11.6 Å². The Hall–Kier alpha value is -2.53. The Balaban J connectivity index is 2.10. The van der Waals surface area contributed by atoms with Crippen LogP contribution in [0.15, 0.2) is 49.2 Å². The molecule has 0 fully saturated rings. The van der Waals surface area contributed by atoms with Crippen molar-refractivity contribution >= 4 is 29.1 Å². The van der Waals surface area contributed by atoms with Gasteiger partial charge in [-0.3, -0.25) is 9.59 Å². The first-order valence-corrected chi connectivity index (χ1v) is 7.77. The van der Waals surface area contributed by atoms with Crippen molar-refractivity contribution in [2.45, 2.75) is 6.54 Å². The van der Waals surface area contributed by atoms with Gasteiger partial charge in [-0.2, -0.15) is 0 Å². The van der Waals surface area contributed by atoms with Crippen LogP contribution in [0.1, 0.15) is 16.1 Å². The number of benzene rings is 1. The number of aryl methyl sites for hydroxylation is 1. The van der Waals surface area contributed by atoms with E-state index in [1.165, 1.54) is 11.0 Å². The Bertz CT molecular complexity index is 765. The van der Waals surface area contributed by atoms with Crippen LogP contribution in [0.3, 0.4) is 0 Å². The number of amides is 2. The number of hydrogen-bond donors (Lipinski definition) is 0. The summed E-state index contributed by atoms with van der Waals surface area (Å²) in [5.41, 5.74) is 2.21. The minimum Gasteiger partial charge on any atom is -0.351 e. The van der Waals surface area contributed by atoms with Crippen molar-refractivity contribution in [3.63, 3.8) is 0 Å². The third-order valence-corrected chi connectivity index (χ3v) is 4.03. The van der Waals surface area contributed by atoms with Crippen LogP contribution in [0.5, 0.6) is 0 Å². The zero-order valence-corrected chi connectivity index (χ0v) is 14.7. The van der Waals surface area contributed by atoms with Crippen LogP contribution in [-0.2, 0) is 18.4 Å². The van der Waals surface area contributed by atoms with Gasteiger partial charge in [0.05, 0.1) is 11.6 Å². The van der Waals surface area contributed by atoms with Crippen molar-refractivity contribution < 1.29 is 9.59 Å². The first-order chi connectivity index (χ1) is 11.3. The molecule has 1 heterocycles. The molecule has 2 aromatic rings. The van der Waals surface area contributed by atoms with Gasteiger partial charge in [0.25, 0.3) is 5.91 Å². The van der Waals surface area contributed by atoms with E-state index in [4.69, 9.17) is 11.6 Å². The maximum atomic E-state index is 12.5. The lowest BCUT2D eigenvalue weighted by Crippen LogP contribution is -2.27. The van der Waals surface area contributed by atoms with Gasteiger partial charge in [-0.05, 0) is 36.4 Å². The standard InChI is InChI=1S/C18H20ClN3O2/c1-5-17(23)22(4)15-8-6-13(7-9-15)18(24)21(3)12-16-10-14(19)11-20(16)2/h5-11H,1,12H2,2-4H3. The highest BCUT2D eigenvalue weighted by Crippen LogP contribution is 2.17. The molecule has 0 atom stereocenters. The van der Waals surface area contributed by atoms with Crippen LogP contribution in [-0.4, -0.2) is 35.4 Å². The molecule has 0 aliphatic rings. The van der Waals surface area contributed by atoms with Gasteiger partial charge in [0.1, 0.15) is 0 Å². The second-order valence-corrected chi connectivity index (χ2v) is 6.01. The van der Waals surface area contributed by atoms with Crippen LogP contribution in [0.2, 0.25) is 5.02 Å². The highest BCUT2D eigenvalue weighted by atomic mass is 35.5. The Kier molecular flexibility index (Phi) is 5.46. The smallest absolute Gasteiger partial charge is 0.253 e. The molecular formula is C18H20ClN3O2. The summed E-state index contributed by atoms with van der Waals surface area (Å²) in [6.07, 6.45) is 3.05. The summed E-state index contributed by atoms with van der Waals surface area (Å²) in [6.45, 7) is 3.92. The molecule has 0 unspecified atom stereocenters. The van der Waals surface area contributed by atoms with Crippen molar-refractivity contribution in [2.75, 3.05) is 19.0 Å². The molecule has 0 N–H and O–H groups in total. The Morgan fingerprint density at radius 3 is 2.38 bits per heavy atom. The third kappa shape index (κ3) is 3.86. The molecule has 0 aliphatic heterocycles.